The number of nitrogens with two attached hydrogens (primary N) is 1. The Morgan fingerprint density at radius 2 is 1.94 bits per heavy atom. The van der Waals surface area contributed by atoms with Gasteiger partial charge in [0.2, 0.25) is 0 Å². The van der Waals surface area contributed by atoms with Gasteiger partial charge in [-0.1, -0.05) is 18.2 Å². The van der Waals surface area contributed by atoms with E-state index in [0.717, 1.165) is 19.3 Å². The van der Waals surface area contributed by atoms with Gasteiger partial charge in [0, 0.05) is 6.54 Å². The number of anilines is 2. The summed E-state index contributed by atoms with van der Waals surface area (Å²) in [6.07, 6.45) is 4.21. The Bertz CT molecular complexity index is 1540. The van der Waals surface area contributed by atoms with Crippen LogP contribution in [0.2, 0.25) is 0 Å². The van der Waals surface area contributed by atoms with Crippen LogP contribution in [0.1, 0.15) is 36.7 Å². The molecule has 2 fully saturated rings. The number of fused-ring (bicyclic) bond motifs is 1. The fourth-order valence-corrected chi connectivity index (χ4v) is 4.99. The Morgan fingerprint density at radius 3 is 2.68 bits per heavy atom. The highest BCUT2D eigenvalue weighted by Crippen LogP contribution is 2.59. The molecule has 2 aromatic heterocycles. The number of para-hydroxylation sites is 1. The number of nitriles is 1. The fourth-order valence-electron chi connectivity index (χ4n) is 4.99. The first-order valence-electron chi connectivity index (χ1n) is 11.0. The first-order chi connectivity index (χ1) is 16.5. The van der Waals surface area contributed by atoms with E-state index in [1.165, 1.54) is 24.5 Å². The highest BCUT2D eigenvalue weighted by Gasteiger charge is 2.54. The van der Waals surface area contributed by atoms with Crippen molar-refractivity contribution in [2.45, 2.75) is 25.3 Å². The van der Waals surface area contributed by atoms with Crippen LogP contribution in [0.5, 0.6) is 0 Å². The van der Waals surface area contributed by atoms with Gasteiger partial charge in [-0.15, -0.1) is 0 Å². The van der Waals surface area contributed by atoms with Crippen molar-refractivity contribution in [2.75, 3.05) is 17.2 Å². The van der Waals surface area contributed by atoms with E-state index in [1.807, 2.05) is 35.2 Å². The molecule has 1 aliphatic heterocycles. The van der Waals surface area contributed by atoms with Gasteiger partial charge in [-0.05, 0) is 55.0 Å². The zero-order chi connectivity index (χ0) is 23.4. The van der Waals surface area contributed by atoms with Crippen LogP contribution in [0.15, 0.2) is 59.7 Å². The average Bonchev–Trinajstić information content (AvgIpc) is 3.50. The first-order valence-corrected chi connectivity index (χ1v) is 11.0. The monoisotopic (exact) mass is 453 g/mol. The Morgan fingerprint density at radius 1 is 1.15 bits per heavy atom. The first kappa shape index (κ1) is 20.3. The molecule has 6 rings (SSSR count). The Kier molecular flexibility index (Phi) is 4.39. The number of hydrogen-bond acceptors (Lipinski definition) is 7. The summed E-state index contributed by atoms with van der Waals surface area (Å²) in [5, 5.41) is 9.97. The van der Waals surface area contributed by atoms with Gasteiger partial charge in [0.05, 0.1) is 22.6 Å². The van der Waals surface area contributed by atoms with E-state index in [9.17, 15) is 14.4 Å². The van der Waals surface area contributed by atoms with E-state index in [4.69, 9.17) is 10.7 Å². The predicted octanol–water partition coefficient (Wildman–Crippen LogP) is 3.50. The van der Waals surface area contributed by atoms with Crippen LogP contribution in [0.3, 0.4) is 0 Å². The zero-order valence-corrected chi connectivity index (χ0v) is 18.1. The van der Waals surface area contributed by atoms with E-state index < -0.39 is 5.82 Å². The number of nitrogens with zero attached hydrogens (tertiary/aromatic N) is 6. The van der Waals surface area contributed by atoms with Crippen molar-refractivity contribution in [1.29, 1.82) is 5.26 Å². The maximum Gasteiger partial charge on any atom is 0.266 e. The molecule has 1 spiro atoms. The third-order valence-corrected chi connectivity index (χ3v) is 6.87. The quantitative estimate of drug-likeness (QED) is 0.505. The second-order valence-electron chi connectivity index (χ2n) is 9.02. The molecule has 8 nitrogen and oxygen atoms in total. The molecule has 1 saturated carbocycles. The molecule has 1 saturated heterocycles. The summed E-state index contributed by atoms with van der Waals surface area (Å²) in [4.78, 5) is 29.0. The fraction of sp³-hybridized carbons (Fsp3) is 0.240. The maximum absolute atomic E-state index is 14.0. The lowest BCUT2D eigenvalue weighted by molar-refractivity contribution is 0.536. The highest BCUT2D eigenvalue weighted by molar-refractivity contribution is 5.78. The van der Waals surface area contributed by atoms with E-state index in [0.29, 0.717) is 29.4 Å². The summed E-state index contributed by atoms with van der Waals surface area (Å²) in [7, 11) is 0. The summed E-state index contributed by atoms with van der Waals surface area (Å²) in [6.45, 7) is 0.676. The minimum absolute atomic E-state index is 0.0775. The van der Waals surface area contributed by atoms with E-state index in [1.54, 1.807) is 4.57 Å². The van der Waals surface area contributed by atoms with Crippen LogP contribution >= 0.6 is 0 Å². The van der Waals surface area contributed by atoms with Gasteiger partial charge in [0.25, 0.3) is 5.56 Å². The molecule has 0 radical (unpaired) electrons. The van der Waals surface area contributed by atoms with Gasteiger partial charge in [0.15, 0.2) is 5.82 Å². The number of halogens is 1. The average molecular weight is 453 g/mol. The number of benzene rings is 2. The molecule has 168 valence electrons. The van der Waals surface area contributed by atoms with Gasteiger partial charge >= 0.3 is 0 Å². The van der Waals surface area contributed by atoms with Crippen molar-refractivity contribution in [3.05, 3.63) is 82.4 Å². The SMILES string of the molecule is N#Cc1c(N)ncnc1N1CC2(CC2)C[C@H]1c1nc2ccc(F)cc2c(=O)n1-c1ccccc1. The molecule has 9 heteroatoms. The molecule has 0 unspecified atom stereocenters. The smallest absolute Gasteiger partial charge is 0.266 e. The molecule has 3 heterocycles. The summed E-state index contributed by atoms with van der Waals surface area (Å²) >= 11 is 0. The number of nitrogen functional groups attached to an aromatic ring is 1. The highest BCUT2D eigenvalue weighted by atomic mass is 19.1. The molecule has 2 N–H and O–H groups in total. The Labute approximate surface area is 194 Å². The van der Waals surface area contributed by atoms with Crippen LogP contribution in [0.4, 0.5) is 16.0 Å². The molecule has 2 aromatic carbocycles. The van der Waals surface area contributed by atoms with Crippen LogP contribution < -0.4 is 16.2 Å². The van der Waals surface area contributed by atoms with Crippen molar-refractivity contribution in [3.8, 4) is 11.8 Å². The molecule has 1 aliphatic carbocycles. The molecule has 1 atom stereocenters. The lowest BCUT2D eigenvalue weighted by Gasteiger charge is -2.28. The standard InChI is InChI=1S/C25H20FN7O/c26-15-6-7-19-17(10-15)24(34)33(16-4-2-1-3-5-16)23(31-19)20-11-25(8-9-25)13-32(20)22-18(12-27)21(28)29-14-30-22/h1-7,10,14,20H,8-9,11,13H2,(H2,28,29,30)/t20-/m0/s1. The van der Waals surface area contributed by atoms with Crippen LogP contribution in [-0.4, -0.2) is 26.1 Å². The molecular formula is C25H20FN7O. The van der Waals surface area contributed by atoms with E-state index >= 15 is 0 Å². The summed E-state index contributed by atoms with van der Waals surface area (Å²) in [5.74, 6) is 0.593. The van der Waals surface area contributed by atoms with Crippen molar-refractivity contribution in [2.24, 2.45) is 5.41 Å². The van der Waals surface area contributed by atoms with Gasteiger partial charge in [0.1, 0.15) is 35.4 Å². The number of hydrogen-bond donors (Lipinski definition) is 1. The maximum atomic E-state index is 14.0. The predicted molar refractivity (Wildman–Crippen MR) is 125 cm³/mol. The van der Waals surface area contributed by atoms with Crippen molar-refractivity contribution < 1.29 is 4.39 Å². The number of aromatic nitrogens is 4. The normalized spacial score (nSPS) is 18.4. The van der Waals surface area contributed by atoms with Crippen LogP contribution in [0.25, 0.3) is 16.6 Å². The van der Waals surface area contributed by atoms with Gasteiger partial charge in [-0.3, -0.25) is 9.36 Å². The summed E-state index contributed by atoms with van der Waals surface area (Å²) in [5.41, 5.74) is 7.00. The third-order valence-electron chi connectivity index (χ3n) is 6.87. The topological polar surface area (TPSA) is 114 Å². The van der Waals surface area contributed by atoms with Gasteiger partial charge in [-0.25, -0.2) is 19.3 Å². The van der Waals surface area contributed by atoms with Crippen molar-refractivity contribution in [3.63, 3.8) is 0 Å². The minimum Gasteiger partial charge on any atom is -0.382 e. The van der Waals surface area contributed by atoms with Crippen molar-refractivity contribution in [1.82, 2.24) is 19.5 Å². The summed E-state index contributed by atoms with van der Waals surface area (Å²) in [6, 6.07) is 15.1. The zero-order valence-electron chi connectivity index (χ0n) is 18.1. The van der Waals surface area contributed by atoms with Crippen LogP contribution in [-0.2, 0) is 0 Å². The second-order valence-corrected chi connectivity index (χ2v) is 9.02. The molecular weight excluding hydrogens is 433 g/mol. The van der Waals surface area contributed by atoms with Gasteiger partial charge < -0.3 is 10.6 Å². The van der Waals surface area contributed by atoms with Crippen LogP contribution in [0, 0.1) is 22.6 Å². The Hall–Kier alpha value is -4.32. The van der Waals surface area contributed by atoms with E-state index in [-0.39, 0.29) is 33.8 Å². The molecule has 34 heavy (non-hydrogen) atoms. The molecule has 2 aliphatic rings. The lowest BCUT2D eigenvalue weighted by atomic mass is 10.0. The van der Waals surface area contributed by atoms with E-state index in [2.05, 4.69) is 16.0 Å². The second kappa shape index (κ2) is 7.35. The molecule has 4 aromatic rings. The largest absolute Gasteiger partial charge is 0.382 e. The Balaban J connectivity index is 1.62. The molecule has 0 bridgehead atoms. The molecule has 0 amide bonds. The minimum atomic E-state index is -0.492. The van der Waals surface area contributed by atoms with Gasteiger partial charge in [-0.2, -0.15) is 5.26 Å². The summed E-state index contributed by atoms with van der Waals surface area (Å²) < 4.78 is 15.6. The number of rotatable bonds is 3. The lowest BCUT2D eigenvalue weighted by Crippen LogP contribution is -2.32. The van der Waals surface area contributed by atoms with Crippen molar-refractivity contribution >= 4 is 22.5 Å². The third kappa shape index (κ3) is 3.10.